The quantitative estimate of drug-likeness (QED) is 0.0935. The number of nitrogens with zero attached hydrogens (tertiary/aromatic N) is 1. The first-order valence-electron chi connectivity index (χ1n) is 11.6. The van der Waals surface area contributed by atoms with E-state index >= 15 is 0 Å². The SMILES string of the molecule is CC.CC/C(F)=C(COc1nsc(NC)c1C(N)=O)\C(F)=C/CBr.NC(=O)CCCCCCNC=O. The van der Waals surface area contributed by atoms with E-state index in [1.807, 2.05) is 13.8 Å². The Hall–Kier alpha value is -2.54. The number of carbonyl (C=O) groups is 3. The largest absolute Gasteiger partial charge is 0.471 e. The summed E-state index contributed by atoms with van der Waals surface area (Å²) in [6.45, 7) is 5.90. The Morgan fingerprint density at radius 3 is 2.31 bits per heavy atom. The molecule has 1 aromatic rings. The molecule has 9 nitrogen and oxygen atoms in total. The average Bonchev–Trinajstić information content (AvgIpc) is 3.28. The molecule has 13 heteroatoms. The molecule has 36 heavy (non-hydrogen) atoms. The van der Waals surface area contributed by atoms with Crippen LogP contribution in [-0.4, -0.2) is 48.1 Å². The van der Waals surface area contributed by atoms with Crippen LogP contribution in [0.15, 0.2) is 23.3 Å². The molecule has 0 aliphatic heterocycles. The van der Waals surface area contributed by atoms with E-state index in [2.05, 4.69) is 30.9 Å². The zero-order chi connectivity index (χ0) is 27.9. The first-order valence-corrected chi connectivity index (χ1v) is 13.5. The molecule has 0 fully saturated rings. The summed E-state index contributed by atoms with van der Waals surface area (Å²) in [5.41, 5.74) is 10.1. The summed E-state index contributed by atoms with van der Waals surface area (Å²) >= 11 is 4.02. The second kappa shape index (κ2) is 22.9. The molecule has 0 spiro atoms. The van der Waals surface area contributed by atoms with Crippen molar-refractivity contribution < 1.29 is 27.9 Å². The van der Waals surface area contributed by atoms with Gasteiger partial charge in [-0.15, -0.1) is 0 Å². The Balaban J connectivity index is 0. The lowest BCUT2D eigenvalue weighted by Gasteiger charge is -2.09. The van der Waals surface area contributed by atoms with Gasteiger partial charge in [0.25, 0.3) is 5.91 Å². The highest BCUT2D eigenvalue weighted by molar-refractivity contribution is 9.09. The lowest BCUT2D eigenvalue weighted by atomic mass is 10.1. The summed E-state index contributed by atoms with van der Waals surface area (Å²) in [7, 11) is 1.60. The molecule has 6 N–H and O–H groups in total. The lowest BCUT2D eigenvalue weighted by molar-refractivity contribution is -0.118. The number of nitrogens with one attached hydrogen (secondary N) is 2. The maximum atomic E-state index is 13.9. The van der Waals surface area contributed by atoms with Crippen molar-refractivity contribution in [2.75, 3.05) is 30.8 Å². The van der Waals surface area contributed by atoms with Crippen molar-refractivity contribution in [3.8, 4) is 5.88 Å². The third-order valence-electron chi connectivity index (χ3n) is 4.25. The first-order chi connectivity index (χ1) is 17.2. The zero-order valence-corrected chi connectivity index (χ0v) is 23.7. The minimum Gasteiger partial charge on any atom is -0.471 e. The molecule has 3 amide bonds. The van der Waals surface area contributed by atoms with Crippen LogP contribution in [-0.2, 0) is 9.59 Å². The first kappa shape index (κ1) is 35.6. The van der Waals surface area contributed by atoms with Gasteiger partial charge in [0.2, 0.25) is 18.2 Å². The summed E-state index contributed by atoms with van der Waals surface area (Å²) in [4.78, 5) is 31.5. The molecule has 206 valence electrons. The van der Waals surface area contributed by atoms with E-state index in [9.17, 15) is 23.2 Å². The highest BCUT2D eigenvalue weighted by Crippen LogP contribution is 2.31. The Kier molecular flexibility index (Phi) is 22.7. The Labute approximate surface area is 224 Å². The van der Waals surface area contributed by atoms with E-state index in [1.165, 1.54) is 6.08 Å². The molecule has 0 aliphatic carbocycles. The van der Waals surface area contributed by atoms with Gasteiger partial charge >= 0.3 is 0 Å². The number of halogens is 3. The van der Waals surface area contributed by atoms with Crippen LogP contribution in [0.3, 0.4) is 0 Å². The van der Waals surface area contributed by atoms with Crippen molar-refractivity contribution in [3.05, 3.63) is 28.9 Å². The van der Waals surface area contributed by atoms with Crippen molar-refractivity contribution in [1.29, 1.82) is 0 Å². The minimum atomic E-state index is -0.730. The van der Waals surface area contributed by atoms with Crippen molar-refractivity contribution in [3.63, 3.8) is 0 Å². The summed E-state index contributed by atoms with van der Waals surface area (Å²) in [6, 6.07) is 0. The summed E-state index contributed by atoms with van der Waals surface area (Å²) in [5, 5.41) is 6.01. The number of anilines is 1. The fourth-order valence-electron chi connectivity index (χ4n) is 2.52. The van der Waals surface area contributed by atoms with Crippen LogP contribution in [0.5, 0.6) is 5.88 Å². The van der Waals surface area contributed by atoms with E-state index in [-0.39, 0.29) is 41.3 Å². The average molecular weight is 599 g/mol. The third kappa shape index (κ3) is 15.5. The third-order valence-corrected chi connectivity index (χ3v) is 5.42. The minimum absolute atomic E-state index is 0.0315. The van der Waals surface area contributed by atoms with Crippen molar-refractivity contribution in [1.82, 2.24) is 9.69 Å². The fraction of sp³-hybridized carbons (Fsp3) is 0.565. The molecule has 0 saturated heterocycles. The predicted octanol–water partition coefficient (Wildman–Crippen LogP) is 4.74. The summed E-state index contributed by atoms with van der Waals surface area (Å²) < 4.78 is 36.9. The molecule has 1 rings (SSSR count). The van der Waals surface area contributed by atoms with E-state index in [0.717, 1.165) is 43.8 Å². The number of aromatic nitrogens is 1. The van der Waals surface area contributed by atoms with Gasteiger partial charge < -0.3 is 26.8 Å². The Morgan fingerprint density at radius 1 is 1.17 bits per heavy atom. The van der Waals surface area contributed by atoms with Crippen molar-refractivity contribution in [2.45, 2.75) is 59.3 Å². The molecule has 0 aliphatic rings. The highest BCUT2D eigenvalue weighted by atomic mass is 79.9. The number of nitrogens with two attached hydrogens (primary N) is 2. The topological polar surface area (TPSA) is 149 Å². The number of carbonyl (C=O) groups excluding carboxylic acids is 3. The van der Waals surface area contributed by atoms with Gasteiger partial charge in [0.05, 0.1) is 5.57 Å². The van der Waals surface area contributed by atoms with Gasteiger partial charge in [0.1, 0.15) is 28.8 Å². The molecule has 0 saturated carbocycles. The highest BCUT2D eigenvalue weighted by Gasteiger charge is 2.21. The standard InChI is InChI=1S/C13H16BrF2N3O2S.C8H16N2O2.C2H6/c1-3-8(15)7(9(16)4-5-14)6-21-12-10(11(17)20)13(18-2)22-19-12;9-8(12)5-3-1-2-4-6-10-7-11;1-2/h4,18H,3,5-6H2,1-2H3,(H2,17,20);7H,1-6H2,(H2,9,12)(H,10,11);1-2H3/b8-7+,9-4+;;. The summed E-state index contributed by atoms with van der Waals surface area (Å²) in [5.74, 6) is -2.36. The van der Waals surface area contributed by atoms with E-state index in [4.69, 9.17) is 16.2 Å². The van der Waals surface area contributed by atoms with Gasteiger partial charge in [-0.3, -0.25) is 14.4 Å². The number of hydrogen-bond acceptors (Lipinski definition) is 7. The molecule has 0 bridgehead atoms. The van der Waals surface area contributed by atoms with Gasteiger partial charge in [0.15, 0.2) is 0 Å². The van der Waals surface area contributed by atoms with Crippen LogP contribution in [0.1, 0.15) is 69.7 Å². The molecular formula is C23H38BrF2N5O4S. The number of allylic oxidation sites excluding steroid dienone is 2. The van der Waals surface area contributed by atoms with Crippen LogP contribution in [0, 0.1) is 0 Å². The number of unbranched alkanes of at least 4 members (excludes halogenated alkanes) is 3. The zero-order valence-electron chi connectivity index (χ0n) is 21.3. The number of rotatable bonds is 16. The fourth-order valence-corrected chi connectivity index (χ4v) is 3.50. The maximum Gasteiger partial charge on any atom is 0.257 e. The number of hydrogen-bond donors (Lipinski definition) is 4. The lowest BCUT2D eigenvalue weighted by Crippen LogP contribution is -2.14. The Morgan fingerprint density at radius 2 is 1.81 bits per heavy atom. The molecular weight excluding hydrogens is 560 g/mol. The van der Waals surface area contributed by atoms with Crippen LogP contribution in [0.2, 0.25) is 0 Å². The monoisotopic (exact) mass is 597 g/mol. The van der Waals surface area contributed by atoms with Crippen molar-refractivity contribution in [2.24, 2.45) is 11.5 Å². The number of alkyl halides is 1. The van der Waals surface area contributed by atoms with Crippen LogP contribution in [0.4, 0.5) is 13.8 Å². The molecule has 1 heterocycles. The molecule has 0 radical (unpaired) electrons. The van der Waals surface area contributed by atoms with Crippen molar-refractivity contribution >= 4 is 50.7 Å². The number of primary amides is 2. The second-order valence-electron chi connectivity index (χ2n) is 6.74. The second-order valence-corrected chi connectivity index (χ2v) is 8.16. The smallest absolute Gasteiger partial charge is 0.257 e. The van der Waals surface area contributed by atoms with E-state index in [0.29, 0.717) is 17.8 Å². The van der Waals surface area contributed by atoms with Crippen LogP contribution >= 0.6 is 27.5 Å². The van der Waals surface area contributed by atoms with Gasteiger partial charge in [-0.2, -0.15) is 4.37 Å². The van der Waals surface area contributed by atoms with Crippen LogP contribution in [0.25, 0.3) is 0 Å². The molecule has 0 atom stereocenters. The normalized spacial score (nSPS) is 11.1. The maximum absolute atomic E-state index is 13.9. The molecule has 1 aromatic heterocycles. The number of ether oxygens (including phenoxy) is 1. The van der Waals surface area contributed by atoms with E-state index < -0.39 is 17.6 Å². The molecule has 0 unspecified atom stereocenters. The van der Waals surface area contributed by atoms with E-state index in [1.54, 1.807) is 14.0 Å². The summed E-state index contributed by atoms with van der Waals surface area (Å²) in [6.07, 6.45) is 6.25. The van der Waals surface area contributed by atoms with Gasteiger partial charge in [-0.1, -0.05) is 49.5 Å². The predicted molar refractivity (Wildman–Crippen MR) is 145 cm³/mol. The van der Waals surface area contributed by atoms with Crippen LogP contribution < -0.4 is 26.8 Å². The van der Waals surface area contributed by atoms with Gasteiger partial charge in [-0.05, 0) is 36.9 Å². The Bertz CT molecular complexity index is 850. The number of amides is 3. The molecule has 0 aromatic carbocycles. The van der Waals surface area contributed by atoms with Gasteiger partial charge in [0, 0.05) is 25.3 Å². The van der Waals surface area contributed by atoms with Gasteiger partial charge in [-0.25, -0.2) is 8.78 Å².